The highest BCUT2D eigenvalue weighted by molar-refractivity contribution is 5.89. The second-order valence-corrected chi connectivity index (χ2v) is 6.79. The van der Waals surface area contributed by atoms with Crippen molar-refractivity contribution in [2.24, 2.45) is 5.10 Å². The number of rotatable bonds is 8. The predicted molar refractivity (Wildman–Crippen MR) is 117 cm³/mol. The summed E-state index contributed by atoms with van der Waals surface area (Å²) in [6.45, 7) is 5.52. The predicted octanol–water partition coefficient (Wildman–Crippen LogP) is 1.64. The van der Waals surface area contributed by atoms with Gasteiger partial charge in [-0.15, -0.1) is 0 Å². The van der Waals surface area contributed by atoms with Crippen molar-refractivity contribution in [1.82, 2.24) is 10.7 Å². The summed E-state index contributed by atoms with van der Waals surface area (Å²) in [6, 6.07) is 12.3. The highest BCUT2D eigenvalue weighted by Gasteiger charge is 2.27. The van der Waals surface area contributed by atoms with Crippen molar-refractivity contribution in [1.29, 1.82) is 0 Å². The minimum absolute atomic E-state index is 0.0606. The molecule has 3 N–H and O–H groups in total. The molecule has 1 aliphatic heterocycles. The number of carbonyl (C=O) groups excluding carboxylic acids is 2. The lowest BCUT2D eigenvalue weighted by Crippen LogP contribution is -2.46. The Morgan fingerprint density at radius 1 is 1.19 bits per heavy atom. The van der Waals surface area contributed by atoms with Gasteiger partial charge in [0.05, 0.1) is 12.8 Å². The molecule has 0 radical (unpaired) electrons. The van der Waals surface area contributed by atoms with Gasteiger partial charge in [0.2, 0.25) is 6.10 Å². The molecule has 0 aromatic heterocycles. The molecule has 1 heterocycles. The van der Waals surface area contributed by atoms with Gasteiger partial charge in [0.25, 0.3) is 11.8 Å². The molecule has 1 atom stereocenters. The Labute approximate surface area is 180 Å². The Balaban J connectivity index is 1.46. The number of ether oxygens (including phenoxy) is 2. The number of hydrogen-bond donors (Lipinski definition) is 3. The maximum Gasteiger partial charge on any atom is 0.265 e. The average molecular weight is 426 g/mol. The molecular weight excluding hydrogens is 400 g/mol. The lowest BCUT2D eigenvalue weighted by molar-refractivity contribution is -0.132. The third kappa shape index (κ3) is 5.65. The molecule has 2 aromatic carbocycles. The van der Waals surface area contributed by atoms with E-state index in [1.165, 1.54) is 6.21 Å². The van der Waals surface area contributed by atoms with Gasteiger partial charge in [-0.25, -0.2) is 5.43 Å². The second-order valence-electron chi connectivity index (χ2n) is 6.79. The van der Waals surface area contributed by atoms with Crippen molar-refractivity contribution < 1.29 is 24.2 Å². The number of carbonyl (C=O) groups is 2. The van der Waals surface area contributed by atoms with E-state index in [0.29, 0.717) is 17.1 Å². The smallest absolute Gasteiger partial charge is 0.265 e. The quantitative estimate of drug-likeness (QED) is 0.437. The van der Waals surface area contributed by atoms with Crippen molar-refractivity contribution in [2.45, 2.75) is 20.0 Å². The molecule has 1 aliphatic rings. The second kappa shape index (κ2) is 10.3. The standard InChI is InChI=1S/C22H26N4O5/c1-3-26(4-2)16-10-9-15(17(27)11-16)12-24-25-21(28)13-23-22(29)20-14-30-18-7-5-6-8-19(18)31-20/h5-12,20,27H,3-4,13-14H2,1-2H3,(H,23,29)(H,25,28)/t20-/m0/s1. The molecule has 0 bridgehead atoms. The Morgan fingerprint density at radius 3 is 2.65 bits per heavy atom. The van der Waals surface area contributed by atoms with E-state index in [1.54, 1.807) is 30.3 Å². The summed E-state index contributed by atoms with van der Waals surface area (Å²) in [5.41, 5.74) is 3.68. The maximum absolute atomic E-state index is 12.2. The summed E-state index contributed by atoms with van der Waals surface area (Å²) in [5, 5.41) is 16.5. The largest absolute Gasteiger partial charge is 0.507 e. The molecule has 0 aliphatic carbocycles. The van der Waals surface area contributed by atoms with E-state index >= 15 is 0 Å². The number of hydrogen-bond acceptors (Lipinski definition) is 7. The summed E-state index contributed by atoms with van der Waals surface area (Å²) in [4.78, 5) is 26.3. The third-order valence-electron chi connectivity index (χ3n) is 4.76. The van der Waals surface area contributed by atoms with Crippen LogP contribution in [0, 0.1) is 0 Å². The monoisotopic (exact) mass is 426 g/mol. The van der Waals surface area contributed by atoms with Gasteiger partial charge < -0.3 is 24.8 Å². The zero-order valence-electron chi connectivity index (χ0n) is 17.5. The van der Waals surface area contributed by atoms with Crippen LogP contribution >= 0.6 is 0 Å². The van der Waals surface area contributed by atoms with Crippen LogP contribution in [0.4, 0.5) is 5.69 Å². The van der Waals surface area contributed by atoms with E-state index < -0.39 is 17.9 Å². The fourth-order valence-electron chi connectivity index (χ4n) is 3.07. The highest BCUT2D eigenvalue weighted by Crippen LogP contribution is 2.30. The summed E-state index contributed by atoms with van der Waals surface area (Å²) >= 11 is 0. The first-order chi connectivity index (χ1) is 15.0. The van der Waals surface area contributed by atoms with Gasteiger partial charge in [0.1, 0.15) is 12.4 Å². The number of nitrogens with zero attached hydrogens (tertiary/aromatic N) is 2. The van der Waals surface area contributed by atoms with Gasteiger partial charge in [-0.05, 0) is 38.1 Å². The van der Waals surface area contributed by atoms with Gasteiger partial charge in [-0.2, -0.15) is 5.10 Å². The van der Waals surface area contributed by atoms with Crippen LogP contribution < -0.4 is 25.1 Å². The third-order valence-corrected chi connectivity index (χ3v) is 4.76. The van der Waals surface area contributed by atoms with E-state index in [1.807, 2.05) is 26.0 Å². The van der Waals surface area contributed by atoms with Gasteiger partial charge in [0.15, 0.2) is 11.5 Å². The SMILES string of the molecule is CCN(CC)c1ccc(C=NNC(=O)CNC(=O)[C@@H]2COc3ccccc3O2)c(O)c1. The number of fused-ring (bicyclic) bond motifs is 1. The van der Waals surface area contributed by atoms with E-state index in [2.05, 4.69) is 20.7 Å². The molecule has 0 unspecified atom stereocenters. The molecular formula is C22H26N4O5. The van der Waals surface area contributed by atoms with Crippen LogP contribution in [0.3, 0.4) is 0 Å². The maximum atomic E-state index is 12.2. The van der Waals surface area contributed by atoms with Gasteiger partial charge in [-0.3, -0.25) is 9.59 Å². The highest BCUT2D eigenvalue weighted by atomic mass is 16.6. The Bertz CT molecular complexity index is 959. The van der Waals surface area contributed by atoms with Crippen molar-refractivity contribution >= 4 is 23.7 Å². The number of aromatic hydroxyl groups is 1. The van der Waals surface area contributed by atoms with Crippen LogP contribution in [-0.4, -0.2) is 55.5 Å². The first-order valence-electron chi connectivity index (χ1n) is 10.1. The van der Waals surface area contributed by atoms with Gasteiger partial charge in [-0.1, -0.05) is 12.1 Å². The van der Waals surface area contributed by atoms with Gasteiger partial charge >= 0.3 is 0 Å². The molecule has 164 valence electrons. The minimum atomic E-state index is -0.840. The van der Waals surface area contributed by atoms with E-state index in [-0.39, 0.29) is 18.9 Å². The fraction of sp³-hybridized carbons (Fsp3) is 0.318. The van der Waals surface area contributed by atoms with Crippen LogP contribution in [0.5, 0.6) is 17.2 Å². The summed E-state index contributed by atoms with van der Waals surface area (Å²) in [6.07, 6.45) is 0.503. The average Bonchev–Trinajstić information content (AvgIpc) is 2.79. The molecule has 0 fully saturated rings. The van der Waals surface area contributed by atoms with Crippen LogP contribution in [-0.2, 0) is 9.59 Å². The van der Waals surface area contributed by atoms with E-state index in [4.69, 9.17) is 9.47 Å². The fourth-order valence-corrected chi connectivity index (χ4v) is 3.07. The molecule has 3 rings (SSSR count). The van der Waals surface area contributed by atoms with Crippen LogP contribution in [0.25, 0.3) is 0 Å². The molecule has 0 saturated heterocycles. The van der Waals surface area contributed by atoms with Crippen LogP contribution in [0.2, 0.25) is 0 Å². The normalized spacial score (nSPS) is 14.8. The molecule has 9 nitrogen and oxygen atoms in total. The molecule has 0 spiro atoms. The molecule has 0 saturated carbocycles. The minimum Gasteiger partial charge on any atom is -0.507 e. The van der Waals surface area contributed by atoms with E-state index in [0.717, 1.165) is 18.8 Å². The first kappa shape index (κ1) is 21.9. The zero-order chi connectivity index (χ0) is 22.2. The number of phenolic OH excluding ortho intramolecular Hbond substituents is 1. The zero-order valence-corrected chi connectivity index (χ0v) is 17.5. The van der Waals surface area contributed by atoms with Crippen LogP contribution in [0.1, 0.15) is 19.4 Å². The van der Waals surface area contributed by atoms with Gasteiger partial charge in [0, 0.05) is 30.4 Å². The Kier molecular flexibility index (Phi) is 7.31. The Hall–Kier alpha value is -3.75. The number of benzene rings is 2. The lowest BCUT2D eigenvalue weighted by atomic mass is 10.2. The van der Waals surface area contributed by atoms with Crippen molar-refractivity contribution in [3.63, 3.8) is 0 Å². The molecule has 2 aromatic rings. The summed E-state index contributed by atoms with van der Waals surface area (Å²) in [5.74, 6) is 0.145. The number of amides is 2. The number of para-hydroxylation sites is 2. The summed E-state index contributed by atoms with van der Waals surface area (Å²) < 4.78 is 11.1. The first-order valence-corrected chi connectivity index (χ1v) is 10.1. The number of anilines is 1. The topological polar surface area (TPSA) is 112 Å². The molecule has 9 heteroatoms. The molecule has 31 heavy (non-hydrogen) atoms. The number of phenols is 1. The Morgan fingerprint density at radius 2 is 1.94 bits per heavy atom. The van der Waals surface area contributed by atoms with Crippen LogP contribution in [0.15, 0.2) is 47.6 Å². The van der Waals surface area contributed by atoms with Crippen molar-refractivity contribution in [3.8, 4) is 17.2 Å². The van der Waals surface area contributed by atoms with E-state index in [9.17, 15) is 14.7 Å². The van der Waals surface area contributed by atoms with Crippen molar-refractivity contribution in [3.05, 3.63) is 48.0 Å². The molecule has 2 amide bonds. The van der Waals surface area contributed by atoms with Crippen molar-refractivity contribution in [2.75, 3.05) is 31.1 Å². The summed E-state index contributed by atoms with van der Waals surface area (Å²) in [7, 11) is 0. The lowest BCUT2D eigenvalue weighted by Gasteiger charge is -2.25. The number of nitrogens with one attached hydrogen (secondary N) is 2. The number of hydrazone groups is 1.